The first-order valence-electron chi connectivity index (χ1n) is 11.2. The molecule has 166 valence electrons. The normalized spacial score (nSPS) is 25.2. The zero-order valence-electron chi connectivity index (χ0n) is 18.0. The quantitative estimate of drug-likeness (QED) is 0.312. The van der Waals surface area contributed by atoms with Gasteiger partial charge in [0.15, 0.2) is 0 Å². The molecule has 0 aliphatic heterocycles. The predicted octanol–water partition coefficient (Wildman–Crippen LogP) is 3.15. The van der Waals surface area contributed by atoms with E-state index in [0.29, 0.717) is 32.2 Å². The predicted molar refractivity (Wildman–Crippen MR) is 120 cm³/mol. The van der Waals surface area contributed by atoms with E-state index in [9.17, 15) is 20.1 Å². The number of unbranched alkanes of at least 4 members (excludes halogenated alkanes) is 1. The van der Waals surface area contributed by atoms with Gasteiger partial charge in [0.05, 0.1) is 18.3 Å². The number of carbonyl (C=O) groups excluding carboxylic acids is 1. The highest BCUT2D eigenvalue weighted by atomic mass is 16.3. The number of amides is 1. The van der Waals surface area contributed by atoms with Gasteiger partial charge in [-0.1, -0.05) is 54.6 Å². The summed E-state index contributed by atoms with van der Waals surface area (Å²) in [4.78, 5) is 11.4. The van der Waals surface area contributed by atoms with Crippen LogP contribution in [0.3, 0.4) is 0 Å². The van der Waals surface area contributed by atoms with E-state index >= 15 is 0 Å². The number of hydrogen-bond donors (Lipinski definition) is 4. The minimum absolute atomic E-state index is 0.0581. The van der Waals surface area contributed by atoms with Gasteiger partial charge in [-0.2, -0.15) is 0 Å². The fraction of sp³-hybridized carbons (Fsp3) is 0.560. The summed E-state index contributed by atoms with van der Waals surface area (Å²) in [6, 6.07) is 10.1. The van der Waals surface area contributed by atoms with Gasteiger partial charge in [0.25, 0.3) is 0 Å². The molecule has 5 atom stereocenters. The molecule has 0 bridgehead atoms. The molecule has 1 aromatic rings. The van der Waals surface area contributed by atoms with Gasteiger partial charge >= 0.3 is 0 Å². The summed E-state index contributed by atoms with van der Waals surface area (Å²) in [6.07, 6.45) is 10.6. The number of nitrogens with one attached hydrogen (secondary N) is 1. The highest BCUT2D eigenvalue weighted by Crippen LogP contribution is 2.36. The van der Waals surface area contributed by atoms with Crippen molar-refractivity contribution >= 4 is 5.91 Å². The first-order valence-corrected chi connectivity index (χ1v) is 11.2. The Balaban J connectivity index is 1.78. The maximum atomic E-state index is 11.4. The van der Waals surface area contributed by atoms with E-state index in [1.165, 1.54) is 5.56 Å². The van der Waals surface area contributed by atoms with E-state index in [-0.39, 0.29) is 17.7 Å². The first-order chi connectivity index (χ1) is 14.5. The number of carbonyl (C=O) groups is 1. The highest BCUT2D eigenvalue weighted by molar-refractivity contribution is 5.75. The zero-order chi connectivity index (χ0) is 21.8. The first kappa shape index (κ1) is 24.3. The topological polar surface area (TPSA) is 89.8 Å². The molecule has 0 radical (unpaired) electrons. The summed E-state index contributed by atoms with van der Waals surface area (Å²) in [5.74, 6) is -0.139. The van der Waals surface area contributed by atoms with E-state index < -0.39 is 18.3 Å². The van der Waals surface area contributed by atoms with Gasteiger partial charge in [-0.15, -0.1) is 0 Å². The van der Waals surface area contributed by atoms with Crippen molar-refractivity contribution in [3.63, 3.8) is 0 Å². The van der Waals surface area contributed by atoms with Crippen molar-refractivity contribution < 1.29 is 20.1 Å². The molecule has 2 rings (SSSR count). The summed E-state index contributed by atoms with van der Waals surface area (Å²) >= 11 is 0. The van der Waals surface area contributed by atoms with Crippen LogP contribution >= 0.6 is 0 Å². The van der Waals surface area contributed by atoms with Crippen LogP contribution in [-0.2, 0) is 11.2 Å². The molecule has 0 saturated heterocycles. The van der Waals surface area contributed by atoms with Crippen molar-refractivity contribution in [1.82, 2.24) is 5.32 Å². The molecule has 1 saturated carbocycles. The van der Waals surface area contributed by atoms with E-state index in [1.54, 1.807) is 6.08 Å². The number of rotatable bonds is 12. The monoisotopic (exact) mass is 415 g/mol. The van der Waals surface area contributed by atoms with E-state index in [1.807, 2.05) is 55.5 Å². The zero-order valence-corrected chi connectivity index (χ0v) is 18.0. The van der Waals surface area contributed by atoms with Crippen LogP contribution in [0.4, 0.5) is 0 Å². The highest BCUT2D eigenvalue weighted by Gasteiger charge is 2.39. The lowest BCUT2D eigenvalue weighted by Gasteiger charge is -2.19. The number of benzene rings is 1. The second-order valence-corrected chi connectivity index (χ2v) is 8.14. The van der Waals surface area contributed by atoms with Crippen LogP contribution in [-0.4, -0.2) is 46.1 Å². The van der Waals surface area contributed by atoms with Crippen LogP contribution in [0.2, 0.25) is 0 Å². The van der Waals surface area contributed by atoms with Gasteiger partial charge in [-0.3, -0.25) is 4.79 Å². The molecular formula is C25H37NO4. The Hall–Kier alpha value is -1.95. The van der Waals surface area contributed by atoms with Crippen LogP contribution in [0.15, 0.2) is 54.6 Å². The Kier molecular flexibility index (Phi) is 10.8. The molecule has 1 fully saturated rings. The molecule has 5 heteroatoms. The Morgan fingerprint density at radius 2 is 1.97 bits per heavy atom. The van der Waals surface area contributed by atoms with Crippen LogP contribution in [0, 0.1) is 11.8 Å². The maximum absolute atomic E-state index is 11.4. The second kappa shape index (κ2) is 13.4. The smallest absolute Gasteiger partial charge is 0.219 e. The van der Waals surface area contributed by atoms with Crippen molar-refractivity contribution in [2.45, 2.75) is 70.2 Å². The van der Waals surface area contributed by atoms with Crippen LogP contribution in [0.5, 0.6) is 0 Å². The largest absolute Gasteiger partial charge is 0.393 e. The van der Waals surface area contributed by atoms with Crippen molar-refractivity contribution in [3.05, 3.63) is 60.2 Å². The minimum atomic E-state index is -0.589. The average molecular weight is 416 g/mol. The van der Waals surface area contributed by atoms with Crippen LogP contribution < -0.4 is 5.32 Å². The van der Waals surface area contributed by atoms with Crippen LogP contribution in [0.25, 0.3) is 0 Å². The third-order valence-corrected chi connectivity index (χ3v) is 5.77. The van der Waals surface area contributed by atoms with Gasteiger partial charge in [-0.25, -0.2) is 0 Å². The summed E-state index contributed by atoms with van der Waals surface area (Å²) in [5, 5.41) is 33.8. The van der Waals surface area contributed by atoms with Gasteiger partial charge in [-0.05, 0) is 50.5 Å². The lowest BCUT2D eigenvalue weighted by Crippen LogP contribution is -2.21. The molecule has 0 heterocycles. The molecule has 0 spiro atoms. The van der Waals surface area contributed by atoms with Crippen molar-refractivity contribution in [2.75, 3.05) is 6.54 Å². The van der Waals surface area contributed by atoms with Gasteiger partial charge in [0.1, 0.15) is 0 Å². The minimum Gasteiger partial charge on any atom is -0.393 e. The lowest BCUT2D eigenvalue weighted by molar-refractivity contribution is -0.121. The average Bonchev–Trinajstić information content (AvgIpc) is 3.00. The molecule has 5 nitrogen and oxygen atoms in total. The number of hydrogen-bond acceptors (Lipinski definition) is 4. The summed E-state index contributed by atoms with van der Waals surface area (Å²) in [5.41, 5.74) is 1.19. The van der Waals surface area contributed by atoms with E-state index in [0.717, 1.165) is 19.3 Å². The second-order valence-electron chi connectivity index (χ2n) is 8.14. The molecule has 1 aliphatic carbocycles. The summed E-state index contributed by atoms with van der Waals surface area (Å²) < 4.78 is 0. The Morgan fingerprint density at radius 1 is 1.20 bits per heavy atom. The molecule has 30 heavy (non-hydrogen) atoms. The fourth-order valence-electron chi connectivity index (χ4n) is 4.06. The molecule has 1 aliphatic rings. The number of aliphatic hydroxyl groups is 3. The standard InChI is InChI=1S/C25H37NO4/c1-2-26-25(30)13-9-4-3-8-12-21-22(24(29)18-23(21)28)17-16-20(27)15-14-19-10-6-5-7-11-19/h3,5-8,10-11,16-17,20-24,27-29H,2,4,9,12-15,18H2,1H3,(H,26,30)/b8-3-,17-16+/t20-,21?,22?,23-,24+/m0/s1. The third kappa shape index (κ3) is 8.42. The maximum Gasteiger partial charge on any atom is 0.219 e. The SMILES string of the molecule is CCNC(=O)CCC/C=C\CC1C(/C=C/[C@@H](O)CCc2ccccc2)[C@H](O)C[C@@H]1O. The van der Waals surface area contributed by atoms with E-state index in [2.05, 4.69) is 5.32 Å². The molecule has 0 aromatic heterocycles. The lowest BCUT2D eigenvalue weighted by atomic mass is 9.89. The van der Waals surface area contributed by atoms with Crippen molar-refractivity contribution in [1.29, 1.82) is 0 Å². The van der Waals surface area contributed by atoms with Gasteiger partial charge in [0, 0.05) is 25.3 Å². The Bertz CT molecular complexity index is 673. The van der Waals surface area contributed by atoms with E-state index in [4.69, 9.17) is 0 Å². The molecule has 1 aromatic carbocycles. The van der Waals surface area contributed by atoms with Crippen LogP contribution in [0.1, 0.15) is 51.0 Å². The Labute approximate surface area is 180 Å². The fourth-order valence-corrected chi connectivity index (χ4v) is 4.06. The Morgan fingerprint density at radius 3 is 2.70 bits per heavy atom. The van der Waals surface area contributed by atoms with Crippen molar-refractivity contribution in [2.24, 2.45) is 11.8 Å². The van der Waals surface area contributed by atoms with Gasteiger partial charge < -0.3 is 20.6 Å². The number of allylic oxidation sites excluding steroid dienone is 2. The number of aliphatic hydroxyl groups excluding tert-OH is 3. The molecule has 4 N–H and O–H groups in total. The molecular weight excluding hydrogens is 378 g/mol. The molecule has 1 amide bonds. The summed E-state index contributed by atoms with van der Waals surface area (Å²) in [7, 11) is 0. The van der Waals surface area contributed by atoms with Crippen molar-refractivity contribution in [3.8, 4) is 0 Å². The molecule has 2 unspecified atom stereocenters. The third-order valence-electron chi connectivity index (χ3n) is 5.77. The van der Waals surface area contributed by atoms with Gasteiger partial charge in [0.2, 0.25) is 5.91 Å². The summed E-state index contributed by atoms with van der Waals surface area (Å²) in [6.45, 7) is 2.57. The number of aryl methyl sites for hydroxylation is 1.